The fraction of sp³-hybridized carbons (Fsp3) is 0.364. The van der Waals surface area contributed by atoms with Crippen LogP contribution in [0.15, 0.2) is 18.3 Å². The highest BCUT2D eigenvalue weighted by Gasteiger charge is 2.15. The fourth-order valence-electron chi connectivity index (χ4n) is 1.32. The molecule has 6 heteroatoms. The molecule has 0 aliphatic heterocycles. The van der Waals surface area contributed by atoms with Crippen LogP contribution in [-0.2, 0) is 4.79 Å². The van der Waals surface area contributed by atoms with Crippen LogP contribution in [0.2, 0.25) is 5.15 Å². The molecule has 0 fully saturated rings. The highest BCUT2D eigenvalue weighted by Crippen LogP contribution is 2.08. The molecular formula is C11H13ClN2O3. The van der Waals surface area contributed by atoms with E-state index in [0.29, 0.717) is 17.3 Å². The second-order valence-corrected chi connectivity index (χ2v) is 3.79. The number of carbonyl (C=O) groups excluding carboxylic acids is 1. The molecule has 0 radical (unpaired) electrons. The van der Waals surface area contributed by atoms with Crippen molar-refractivity contribution < 1.29 is 14.7 Å². The third-order valence-electron chi connectivity index (χ3n) is 2.24. The molecule has 1 amide bonds. The van der Waals surface area contributed by atoms with Crippen molar-refractivity contribution in [3.8, 4) is 0 Å². The summed E-state index contributed by atoms with van der Waals surface area (Å²) in [6, 6.07) is 3.10. The SMILES string of the molecule is CCN(CCC(=O)O)C(=O)c1ccc(Cl)nc1. The zero-order valence-electron chi connectivity index (χ0n) is 9.39. The summed E-state index contributed by atoms with van der Waals surface area (Å²) in [4.78, 5) is 27.7. The van der Waals surface area contributed by atoms with Crippen LogP contribution in [0.3, 0.4) is 0 Å². The molecule has 0 unspecified atom stereocenters. The van der Waals surface area contributed by atoms with E-state index in [9.17, 15) is 9.59 Å². The van der Waals surface area contributed by atoms with E-state index in [0.717, 1.165) is 0 Å². The van der Waals surface area contributed by atoms with E-state index in [4.69, 9.17) is 16.7 Å². The number of carboxylic acids is 1. The van der Waals surface area contributed by atoms with Gasteiger partial charge in [-0.15, -0.1) is 0 Å². The number of carboxylic acid groups (broad SMARTS) is 1. The van der Waals surface area contributed by atoms with Crippen LogP contribution >= 0.6 is 11.6 Å². The van der Waals surface area contributed by atoms with Crippen molar-refractivity contribution in [2.24, 2.45) is 0 Å². The third-order valence-corrected chi connectivity index (χ3v) is 2.46. The lowest BCUT2D eigenvalue weighted by Crippen LogP contribution is -2.32. The molecule has 0 bridgehead atoms. The highest BCUT2D eigenvalue weighted by molar-refractivity contribution is 6.29. The summed E-state index contributed by atoms with van der Waals surface area (Å²) in [7, 11) is 0. The van der Waals surface area contributed by atoms with Gasteiger partial charge in [0.2, 0.25) is 0 Å². The quantitative estimate of drug-likeness (QED) is 0.814. The Hall–Kier alpha value is -1.62. The molecule has 1 aromatic heterocycles. The number of carbonyl (C=O) groups is 2. The van der Waals surface area contributed by atoms with Gasteiger partial charge in [-0.2, -0.15) is 0 Å². The molecule has 1 aromatic rings. The van der Waals surface area contributed by atoms with Crippen LogP contribution in [0, 0.1) is 0 Å². The van der Waals surface area contributed by atoms with Crippen molar-refractivity contribution in [1.82, 2.24) is 9.88 Å². The molecule has 0 saturated heterocycles. The van der Waals surface area contributed by atoms with Gasteiger partial charge in [0.15, 0.2) is 0 Å². The molecule has 0 spiro atoms. The first kappa shape index (κ1) is 13.4. The summed E-state index contributed by atoms with van der Waals surface area (Å²) in [6.07, 6.45) is 1.31. The summed E-state index contributed by atoms with van der Waals surface area (Å²) in [5, 5.41) is 8.89. The van der Waals surface area contributed by atoms with E-state index in [-0.39, 0.29) is 18.9 Å². The molecule has 1 rings (SSSR count). The Morgan fingerprint density at radius 2 is 2.18 bits per heavy atom. The average Bonchev–Trinajstić information content (AvgIpc) is 2.30. The van der Waals surface area contributed by atoms with Gasteiger partial charge in [-0.25, -0.2) is 4.98 Å². The van der Waals surface area contributed by atoms with Crippen LogP contribution < -0.4 is 0 Å². The van der Waals surface area contributed by atoms with Gasteiger partial charge in [0.1, 0.15) is 5.15 Å². The van der Waals surface area contributed by atoms with Crippen molar-refractivity contribution in [1.29, 1.82) is 0 Å². The monoisotopic (exact) mass is 256 g/mol. The van der Waals surface area contributed by atoms with Crippen LogP contribution in [-0.4, -0.2) is 40.0 Å². The standard InChI is InChI=1S/C11H13ClN2O3/c1-2-14(6-5-10(15)16)11(17)8-3-4-9(12)13-7-8/h3-4,7H,2,5-6H2,1H3,(H,15,16). The number of hydrogen-bond acceptors (Lipinski definition) is 3. The fourth-order valence-corrected chi connectivity index (χ4v) is 1.43. The van der Waals surface area contributed by atoms with Gasteiger partial charge in [-0.05, 0) is 19.1 Å². The van der Waals surface area contributed by atoms with Crippen LogP contribution in [0.25, 0.3) is 0 Å². The molecule has 0 aromatic carbocycles. The number of rotatable bonds is 5. The zero-order chi connectivity index (χ0) is 12.8. The Morgan fingerprint density at radius 3 is 2.65 bits per heavy atom. The van der Waals surface area contributed by atoms with E-state index in [1.165, 1.54) is 17.2 Å². The van der Waals surface area contributed by atoms with E-state index >= 15 is 0 Å². The van der Waals surface area contributed by atoms with Gasteiger partial charge in [0.25, 0.3) is 5.91 Å². The first-order valence-corrected chi connectivity index (χ1v) is 5.55. The lowest BCUT2D eigenvalue weighted by Gasteiger charge is -2.19. The Kier molecular flexibility index (Phi) is 4.90. The van der Waals surface area contributed by atoms with Gasteiger partial charge in [0.05, 0.1) is 12.0 Å². The van der Waals surface area contributed by atoms with E-state index < -0.39 is 5.97 Å². The van der Waals surface area contributed by atoms with Crippen molar-refractivity contribution in [2.45, 2.75) is 13.3 Å². The molecule has 0 atom stereocenters. The molecule has 0 aliphatic carbocycles. The molecule has 0 aliphatic rings. The number of aliphatic carboxylic acids is 1. The average molecular weight is 257 g/mol. The molecule has 92 valence electrons. The normalized spacial score (nSPS) is 10.0. The second-order valence-electron chi connectivity index (χ2n) is 3.40. The van der Waals surface area contributed by atoms with Crippen LogP contribution in [0.4, 0.5) is 0 Å². The second kappa shape index (κ2) is 6.20. The van der Waals surface area contributed by atoms with Gasteiger partial charge in [-0.3, -0.25) is 9.59 Å². The Balaban J connectivity index is 2.71. The predicted octanol–water partition coefficient (Wildman–Crippen LogP) is 1.67. The lowest BCUT2D eigenvalue weighted by molar-refractivity contribution is -0.137. The minimum Gasteiger partial charge on any atom is -0.481 e. The molecule has 1 N–H and O–H groups in total. The number of aromatic nitrogens is 1. The smallest absolute Gasteiger partial charge is 0.305 e. The number of pyridine rings is 1. The predicted molar refractivity (Wildman–Crippen MR) is 63.1 cm³/mol. The molecule has 1 heterocycles. The van der Waals surface area contributed by atoms with Gasteiger partial charge in [-0.1, -0.05) is 11.6 Å². The third kappa shape index (κ3) is 4.03. The Morgan fingerprint density at radius 1 is 1.47 bits per heavy atom. The number of amides is 1. The Labute approximate surface area is 104 Å². The zero-order valence-corrected chi connectivity index (χ0v) is 10.1. The maximum absolute atomic E-state index is 11.9. The van der Waals surface area contributed by atoms with Crippen molar-refractivity contribution >= 4 is 23.5 Å². The molecule has 17 heavy (non-hydrogen) atoms. The first-order valence-electron chi connectivity index (χ1n) is 5.17. The molecule has 0 saturated carbocycles. The van der Waals surface area contributed by atoms with Crippen molar-refractivity contribution in [2.75, 3.05) is 13.1 Å². The van der Waals surface area contributed by atoms with E-state index in [1.54, 1.807) is 13.0 Å². The summed E-state index contributed by atoms with van der Waals surface area (Å²) in [5.74, 6) is -1.16. The Bertz CT molecular complexity index is 406. The highest BCUT2D eigenvalue weighted by atomic mass is 35.5. The topological polar surface area (TPSA) is 70.5 Å². The van der Waals surface area contributed by atoms with Gasteiger partial charge < -0.3 is 10.0 Å². The summed E-state index contributed by atoms with van der Waals surface area (Å²) >= 11 is 5.62. The van der Waals surface area contributed by atoms with E-state index in [2.05, 4.69) is 4.98 Å². The summed E-state index contributed by atoms with van der Waals surface area (Å²) < 4.78 is 0. The van der Waals surface area contributed by atoms with Crippen molar-refractivity contribution in [3.05, 3.63) is 29.0 Å². The van der Waals surface area contributed by atoms with Crippen LogP contribution in [0.1, 0.15) is 23.7 Å². The van der Waals surface area contributed by atoms with E-state index in [1.807, 2.05) is 0 Å². The maximum atomic E-state index is 11.9. The van der Waals surface area contributed by atoms with Crippen molar-refractivity contribution in [3.63, 3.8) is 0 Å². The lowest BCUT2D eigenvalue weighted by atomic mass is 10.2. The minimum absolute atomic E-state index is 0.0689. The van der Waals surface area contributed by atoms with Gasteiger partial charge >= 0.3 is 5.97 Å². The van der Waals surface area contributed by atoms with Gasteiger partial charge in [0, 0.05) is 19.3 Å². The summed E-state index contributed by atoms with van der Waals surface area (Å²) in [5.41, 5.74) is 0.404. The summed E-state index contributed by atoms with van der Waals surface area (Å²) in [6.45, 7) is 2.44. The largest absolute Gasteiger partial charge is 0.481 e. The first-order chi connectivity index (χ1) is 8.04. The maximum Gasteiger partial charge on any atom is 0.305 e. The molecular weight excluding hydrogens is 244 g/mol. The number of hydrogen-bond donors (Lipinski definition) is 1. The number of halogens is 1. The molecule has 5 nitrogen and oxygen atoms in total. The number of nitrogens with zero attached hydrogens (tertiary/aromatic N) is 2. The minimum atomic E-state index is -0.925. The van der Waals surface area contributed by atoms with Crippen LogP contribution in [0.5, 0.6) is 0 Å².